The van der Waals surface area contributed by atoms with E-state index in [9.17, 15) is 22.4 Å². The Morgan fingerprint density at radius 3 is 2.41 bits per heavy atom. The summed E-state index contributed by atoms with van der Waals surface area (Å²) < 4.78 is 62.1. The van der Waals surface area contributed by atoms with Gasteiger partial charge < -0.3 is 10.1 Å². The molecule has 0 saturated heterocycles. The van der Waals surface area contributed by atoms with Crippen LogP contribution in [0.3, 0.4) is 0 Å². The van der Waals surface area contributed by atoms with Crippen LogP contribution in [-0.2, 0) is 0 Å². The second kappa shape index (κ2) is 10.1. The minimum atomic E-state index is -2.76. The summed E-state index contributed by atoms with van der Waals surface area (Å²) in [4.78, 5) is 25.8. The van der Waals surface area contributed by atoms with Gasteiger partial charge in [-0.25, -0.2) is 27.5 Å². The van der Waals surface area contributed by atoms with E-state index in [-0.39, 0.29) is 66.1 Å². The summed E-state index contributed by atoms with van der Waals surface area (Å²) in [6, 6.07) is 4.63. The zero-order chi connectivity index (χ0) is 26.2. The molecule has 1 amide bonds. The van der Waals surface area contributed by atoms with E-state index >= 15 is 0 Å². The zero-order valence-electron chi connectivity index (χ0n) is 20.2. The minimum Gasteiger partial charge on any atom is -0.460 e. The van der Waals surface area contributed by atoms with Crippen LogP contribution in [-0.4, -0.2) is 32.9 Å². The van der Waals surface area contributed by atoms with E-state index in [0.29, 0.717) is 11.6 Å². The number of carbonyl (C=O) groups excluding carboxylic acids is 1. The van der Waals surface area contributed by atoms with Gasteiger partial charge in [0.2, 0.25) is 5.92 Å². The third-order valence-corrected chi connectivity index (χ3v) is 7.01. The second-order valence-electron chi connectivity index (χ2n) is 9.74. The topological polar surface area (TPSA) is 77.0 Å². The lowest BCUT2D eigenvalue weighted by Crippen LogP contribution is -2.25. The molecule has 3 aromatic rings. The average molecular weight is 515 g/mol. The summed E-state index contributed by atoms with van der Waals surface area (Å²) in [5.41, 5.74) is 0.738. The van der Waals surface area contributed by atoms with Gasteiger partial charge in [0, 0.05) is 48.5 Å². The Balaban J connectivity index is 1.46. The molecular formula is C27H26F4N4O2. The summed E-state index contributed by atoms with van der Waals surface area (Å²) in [5.74, 6) is -4.62. The quantitative estimate of drug-likeness (QED) is 0.363. The normalized spacial score (nSPS) is 18.3. The summed E-state index contributed by atoms with van der Waals surface area (Å²) in [6.07, 6.45) is 5.87. The minimum absolute atomic E-state index is 0.0239. The number of nitrogens with zero attached hydrogens (tertiary/aromatic N) is 3. The fourth-order valence-corrected chi connectivity index (χ4v) is 4.67. The monoisotopic (exact) mass is 514 g/mol. The van der Waals surface area contributed by atoms with Crippen LogP contribution >= 0.6 is 0 Å². The van der Waals surface area contributed by atoms with Crippen molar-refractivity contribution < 1.29 is 27.1 Å². The fraction of sp³-hybridized carbons (Fsp3) is 0.407. The van der Waals surface area contributed by atoms with Crippen molar-refractivity contribution in [2.24, 2.45) is 5.92 Å². The molecule has 2 fully saturated rings. The lowest BCUT2D eigenvalue weighted by atomic mass is 9.83. The van der Waals surface area contributed by atoms with Gasteiger partial charge in [-0.1, -0.05) is 0 Å². The van der Waals surface area contributed by atoms with Crippen LogP contribution in [0.2, 0.25) is 0 Å². The first kappa shape index (κ1) is 25.1. The molecule has 5 rings (SSSR count). The number of rotatable bonds is 7. The molecule has 2 heterocycles. The van der Waals surface area contributed by atoms with Crippen LogP contribution < -0.4 is 10.1 Å². The maximum Gasteiger partial charge on any atom is 0.316 e. The highest BCUT2D eigenvalue weighted by Crippen LogP contribution is 2.44. The van der Waals surface area contributed by atoms with Crippen LogP contribution in [0.1, 0.15) is 67.4 Å². The number of carbonyl (C=O) groups is 1. The second-order valence-corrected chi connectivity index (χ2v) is 9.74. The Morgan fingerprint density at radius 1 is 1.03 bits per heavy atom. The maximum atomic E-state index is 14.7. The smallest absolute Gasteiger partial charge is 0.316 e. The van der Waals surface area contributed by atoms with Crippen molar-refractivity contribution in [3.63, 3.8) is 0 Å². The molecule has 0 bridgehead atoms. The molecule has 194 valence electrons. The zero-order valence-corrected chi connectivity index (χ0v) is 20.2. The molecule has 2 saturated carbocycles. The van der Waals surface area contributed by atoms with E-state index in [0.717, 1.165) is 31.0 Å². The molecular weight excluding hydrogens is 488 g/mol. The van der Waals surface area contributed by atoms with Gasteiger partial charge in [0.15, 0.2) is 0 Å². The SMILES string of the molecule is CC(Oc1ncc(C(=O)Nc2c(-c3cc(F)ccc3F)ccnc2C2CCC(F)(F)CC2)cn1)C1CC1. The number of ether oxygens (including phenoxy) is 1. The number of aromatic nitrogens is 3. The molecule has 0 aliphatic heterocycles. The molecule has 10 heteroatoms. The number of pyridine rings is 1. The van der Waals surface area contributed by atoms with E-state index in [1.807, 2.05) is 6.92 Å². The van der Waals surface area contributed by atoms with Crippen molar-refractivity contribution in [3.05, 3.63) is 65.7 Å². The van der Waals surface area contributed by atoms with Gasteiger partial charge in [-0.3, -0.25) is 9.78 Å². The Morgan fingerprint density at radius 2 is 1.73 bits per heavy atom. The van der Waals surface area contributed by atoms with Crippen LogP contribution in [0, 0.1) is 17.6 Å². The first-order chi connectivity index (χ1) is 17.7. The van der Waals surface area contributed by atoms with Crippen LogP contribution in [0.15, 0.2) is 42.9 Å². The largest absolute Gasteiger partial charge is 0.460 e. The van der Waals surface area contributed by atoms with E-state index < -0.39 is 23.5 Å². The van der Waals surface area contributed by atoms with Crippen molar-refractivity contribution >= 4 is 11.6 Å². The first-order valence-electron chi connectivity index (χ1n) is 12.3. The average Bonchev–Trinajstić information content (AvgIpc) is 3.72. The molecule has 37 heavy (non-hydrogen) atoms. The van der Waals surface area contributed by atoms with Gasteiger partial charge >= 0.3 is 6.01 Å². The predicted molar refractivity (Wildman–Crippen MR) is 129 cm³/mol. The number of amides is 1. The molecule has 2 aliphatic rings. The summed E-state index contributed by atoms with van der Waals surface area (Å²) in [7, 11) is 0. The number of alkyl halides is 2. The summed E-state index contributed by atoms with van der Waals surface area (Å²) in [6.45, 7) is 1.94. The number of halogens is 4. The van der Waals surface area contributed by atoms with E-state index in [2.05, 4.69) is 20.3 Å². The number of anilines is 1. The van der Waals surface area contributed by atoms with Crippen LogP contribution in [0.5, 0.6) is 6.01 Å². The Labute approximate surface area is 211 Å². The van der Waals surface area contributed by atoms with Gasteiger partial charge in [-0.15, -0.1) is 0 Å². The van der Waals surface area contributed by atoms with Crippen molar-refractivity contribution in [2.45, 2.75) is 63.4 Å². The highest BCUT2D eigenvalue weighted by atomic mass is 19.3. The van der Waals surface area contributed by atoms with Gasteiger partial charge in [0.1, 0.15) is 17.7 Å². The fourth-order valence-electron chi connectivity index (χ4n) is 4.67. The number of benzene rings is 1. The maximum absolute atomic E-state index is 14.7. The number of nitrogens with one attached hydrogen (secondary N) is 1. The molecule has 0 radical (unpaired) electrons. The Kier molecular flexibility index (Phi) is 6.83. The lowest BCUT2D eigenvalue weighted by Gasteiger charge is -2.29. The van der Waals surface area contributed by atoms with E-state index in [1.165, 1.54) is 24.7 Å². The molecule has 1 unspecified atom stereocenters. The van der Waals surface area contributed by atoms with Gasteiger partial charge in [0.25, 0.3) is 5.91 Å². The molecule has 2 aromatic heterocycles. The molecule has 6 nitrogen and oxygen atoms in total. The number of hydrogen-bond acceptors (Lipinski definition) is 5. The highest BCUT2D eigenvalue weighted by molar-refractivity contribution is 6.06. The first-order valence-corrected chi connectivity index (χ1v) is 12.3. The van der Waals surface area contributed by atoms with Crippen molar-refractivity contribution in [1.82, 2.24) is 15.0 Å². The van der Waals surface area contributed by atoms with Gasteiger partial charge in [0.05, 0.1) is 16.9 Å². The Bertz CT molecular complexity index is 1290. The van der Waals surface area contributed by atoms with Crippen molar-refractivity contribution in [3.8, 4) is 17.1 Å². The van der Waals surface area contributed by atoms with Crippen molar-refractivity contribution in [1.29, 1.82) is 0 Å². The lowest BCUT2D eigenvalue weighted by molar-refractivity contribution is -0.0384. The highest BCUT2D eigenvalue weighted by Gasteiger charge is 2.37. The predicted octanol–water partition coefficient (Wildman–Crippen LogP) is 6.54. The molecule has 2 aliphatic carbocycles. The van der Waals surface area contributed by atoms with Gasteiger partial charge in [-0.05, 0) is 62.8 Å². The van der Waals surface area contributed by atoms with E-state index in [4.69, 9.17) is 4.74 Å². The number of hydrogen-bond donors (Lipinski definition) is 1. The molecule has 1 N–H and O–H groups in total. The van der Waals surface area contributed by atoms with E-state index in [1.54, 1.807) is 0 Å². The summed E-state index contributed by atoms with van der Waals surface area (Å²) in [5, 5.41) is 2.75. The van der Waals surface area contributed by atoms with Gasteiger partial charge in [-0.2, -0.15) is 0 Å². The molecule has 0 spiro atoms. The summed E-state index contributed by atoms with van der Waals surface area (Å²) >= 11 is 0. The molecule has 1 atom stereocenters. The van der Waals surface area contributed by atoms with Crippen molar-refractivity contribution in [2.75, 3.05) is 5.32 Å². The van der Waals surface area contributed by atoms with Crippen LogP contribution in [0.4, 0.5) is 23.2 Å². The molecule has 1 aromatic carbocycles. The standard InChI is InChI=1S/C27H26F4N4O2/c1-15(16-2-3-16)37-26-33-13-18(14-34-26)25(36)35-24-20(21-12-19(28)4-5-22(21)29)8-11-32-23(24)17-6-9-27(30,31)10-7-17/h4-5,8,11-17H,2-3,6-7,9-10H2,1H3,(H,35,36). The van der Waals surface area contributed by atoms with Crippen LogP contribution in [0.25, 0.3) is 11.1 Å². The third kappa shape index (κ3) is 5.73. The third-order valence-electron chi connectivity index (χ3n) is 7.01. The Hall–Kier alpha value is -3.56.